The number of hydrogen-bond donors (Lipinski definition) is 1. The van der Waals surface area contributed by atoms with Crippen LogP contribution in [0.3, 0.4) is 0 Å². The maximum atomic E-state index is 13.0. The average molecular weight is 391 g/mol. The molecule has 0 radical (unpaired) electrons. The van der Waals surface area contributed by atoms with Crippen molar-refractivity contribution in [3.8, 4) is 5.75 Å². The summed E-state index contributed by atoms with van der Waals surface area (Å²) in [6.45, 7) is 1.58. The van der Waals surface area contributed by atoms with Gasteiger partial charge in [-0.1, -0.05) is 36.4 Å². The van der Waals surface area contributed by atoms with Gasteiger partial charge in [-0.3, -0.25) is 4.79 Å². The molecule has 6 heteroatoms. The Labute approximate surface area is 170 Å². The Hall–Kier alpha value is -3.02. The molecule has 2 heterocycles. The lowest BCUT2D eigenvalue weighted by Crippen LogP contribution is -2.53. The van der Waals surface area contributed by atoms with Crippen LogP contribution in [0, 0.1) is 5.41 Å². The molecule has 2 aromatic carbocycles. The molecule has 0 bridgehead atoms. The lowest BCUT2D eigenvalue weighted by molar-refractivity contribution is -0.120. The van der Waals surface area contributed by atoms with Gasteiger partial charge in [0.25, 0.3) is 5.91 Å². The molecule has 3 aliphatic rings. The van der Waals surface area contributed by atoms with Crippen molar-refractivity contribution in [1.29, 1.82) is 0 Å². The van der Waals surface area contributed by atoms with Crippen molar-refractivity contribution in [2.24, 2.45) is 5.41 Å². The molecule has 6 nitrogen and oxygen atoms in total. The van der Waals surface area contributed by atoms with Crippen molar-refractivity contribution in [2.45, 2.75) is 25.3 Å². The topological polar surface area (TPSA) is 61.9 Å². The number of fused-ring (bicyclic) bond motifs is 2. The Bertz CT molecular complexity index is 948. The van der Waals surface area contributed by atoms with Crippen LogP contribution in [-0.2, 0) is 17.6 Å². The number of rotatable bonds is 1. The number of hydrogen-bond acceptors (Lipinski definition) is 3. The number of para-hydroxylation sites is 2. The van der Waals surface area contributed by atoms with Gasteiger partial charge in [0.1, 0.15) is 18.4 Å². The molecule has 150 valence electrons. The summed E-state index contributed by atoms with van der Waals surface area (Å²) in [6, 6.07) is 15.1. The standard InChI is InChI=1S/C23H25N3O3/c1-25-19-8-4-5-9-20(19)29-14-18(21(25)27)24-22(28)26-11-10-23(15-26)12-16-6-2-3-7-17(16)13-23/h2-9,18H,10-15H2,1H3,(H,24,28)/t18-/m0/s1. The van der Waals surface area contributed by atoms with Crippen LogP contribution in [0.1, 0.15) is 17.5 Å². The van der Waals surface area contributed by atoms with Crippen molar-refractivity contribution in [3.63, 3.8) is 0 Å². The van der Waals surface area contributed by atoms with Gasteiger partial charge >= 0.3 is 6.03 Å². The van der Waals surface area contributed by atoms with Crippen LogP contribution in [0.4, 0.5) is 10.5 Å². The number of carbonyl (C=O) groups is 2. The van der Waals surface area contributed by atoms with Crippen LogP contribution in [0.5, 0.6) is 5.75 Å². The molecular weight excluding hydrogens is 366 g/mol. The minimum Gasteiger partial charge on any atom is -0.489 e. The third kappa shape index (κ3) is 3.12. The fourth-order valence-corrected chi connectivity index (χ4v) is 4.97. The molecule has 3 amide bonds. The van der Waals surface area contributed by atoms with E-state index in [0.717, 1.165) is 38.0 Å². The highest BCUT2D eigenvalue weighted by Gasteiger charge is 2.44. The van der Waals surface area contributed by atoms with Crippen LogP contribution in [0.2, 0.25) is 0 Å². The summed E-state index contributed by atoms with van der Waals surface area (Å²) in [7, 11) is 1.72. The van der Waals surface area contributed by atoms with Gasteiger partial charge in [-0.25, -0.2) is 4.79 Å². The number of likely N-dealkylation sites (N-methyl/N-ethyl adjacent to an activating group) is 1. The normalized spacial score (nSPS) is 22.1. The van der Waals surface area contributed by atoms with Gasteiger partial charge in [-0.05, 0) is 47.9 Å². The Kier molecular flexibility index (Phi) is 4.23. The molecule has 2 aliphatic heterocycles. The molecular formula is C23H25N3O3. The second kappa shape index (κ2) is 6.79. The smallest absolute Gasteiger partial charge is 0.318 e. The van der Waals surface area contributed by atoms with E-state index in [1.807, 2.05) is 29.2 Å². The summed E-state index contributed by atoms with van der Waals surface area (Å²) in [6.07, 6.45) is 3.04. The fourth-order valence-electron chi connectivity index (χ4n) is 4.97. The molecule has 1 saturated heterocycles. The van der Waals surface area contributed by atoms with E-state index >= 15 is 0 Å². The Morgan fingerprint density at radius 2 is 1.79 bits per heavy atom. The molecule has 5 rings (SSSR count). The zero-order valence-electron chi connectivity index (χ0n) is 16.6. The minimum absolute atomic E-state index is 0.135. The number of likely N-dealkylation sites (tertiary alicyclic amines) is 1. The molecule has 2 aromatic rings. The first-order chi connectivity index (χ1) is 14.0. The number of nitrogens with one attached hydrogen (secondary N) is 1. The molecule has 1 atom stereocenters. The summed E-state index contributed by atoms with van der Waals surface area (Å²) < 4.78 is 5.81. The highest BCUT2D eigenvalue weighted by molar-refractivity contribution is 6.00. The molecule has 0 aromatic heterocycles. The van der Waals surface area contributed by atoms with Gasteiger partial charge in [0.15, 0.2) is 0 Å². The van der Waals surface area contributed by atoms with Gasteiger partial charge in [0.05, 0.1) is 5.69 Å². The average Bonchev–Trinajstić information content (AvgIpc) is 3.29. The Balaban J connectivity index is 1.25. The van der Waals surface area contributed by atoms with Gasteiger partial charge < -0.3 is 19.9 Å². The zero-order chi connectivity index (χ0) is 20.0. The number of carbonyl (C=O) groups excluding carboxylic acids is 2. The van der Waals surface area contributed by atoms with Crippen molar-refractivity contribution < 1.29 is 14.3 Å². The van der Waals surface area contributed by atoms with Gasteiger partial charge in [-0.2, -0.15) is 0 Å². The van der Waals surface area contributed by atoms with Crippen molar-refractivity contribution in [2.75, 3.05) is 31.6 Å². The number of nitrogens with zero attached hydrogens (tertiary/aromatic N) is 2. The quantitative estimate of drug-likeness (QED) is 0.813. The fraction of sp³-hybridized carbons (Fsp3) is 0.391. The second-order valence-corrected chi connectivity index (χ2v) is 8.47. The molecule has 0 saturated carbocycles. The van der Waals surface area contributed by atoms with Crippen molar-refractivity contribution in [3.05, 3.63) is 59.7 Å². The van der Waals surface area contributed by atoms with Crippen molar-refractivity contribution >= 4 is 17.6 Å². The Morgan fingerprint density at radius 1 is 1.10 bits per heavy atom. The summed E-state index contributed by atoms with van der Waals surface area (Å²) in [5, 5.41) is 2.91. The van der Waals surface area contributed by atoms with Gasteiger partial charge in [0.2, 0.25) is 0 Å². The number of anilines is 1. The zero-order valence-corrected chi connectivity index (χ0v) is 16.6. The Morgan fingerprint density at radius 3 is 2.55 bits per heavy atom. The van der Waals surface area contributed by atoms with Crippen LogP contribution in [-0.4, -0.2) is 49.6 Å². The highest BCUT2D eigenvalue weighted by atomic mass is 16.5. The van der Waals surface area contributed by atoms with E-state index in [2.05, 4.69) is 29.6 Å². The molecule has 0 unspecified atom stereocenters. The van der Waals surface area contributed by atoms with E-state index in [-0.39, 0.29) is 24.0 Å². The maximum Gasteiger partial charge on any atom is 0.318 e. The first-order valence-electron chi connectivity index (χ1n) is 10.2. The van der Waals surface area contributed by atoms with E-state index < -0.39 is 6.04 Å². The predicted molar refractivity (Wildman–Crippen MR) is 110 cm³/mol. The van der Waals surface area contributed by atoms with E-state index in [9.17, 15) is 9.59 Å². The SMILES string of the molecule is CN1C(=O)[C@@H](NC(=O)N2CCC3(Cc4ccccc4C3)C2)COc2ccccc21. The molecule has 1 spiro atoms. The summed E-state index contributed by atoms with van der Waals surface area (Å²) in [4.78, 5) is 29.2. The third-order valence-corrected chi connectivity index (χ3v) is 6.53. The number of amides is 3. The molecule has 1 aliphatic carbocycles. The number of ether oxygens (including phenoxy) is 1. The van der Waals surface area contributed by atoms with Gasteiger partial charge in [0, 0.05) is 20.1 Å². The maximum absolute atomic E-state index is 13.0. The minimum atomic E-state index is -0.697. The van der Waals surface area contributed by atoms with Crippen molar-refractivity contribution in [1.82, 2.24) is 10.2 Å². The largest absolute Gasteiger partial charge is 0.489 e. The first-order valence-corrected chi connectivity index (χ1v) is 10.2. The summed E-state index contributed by atoms with van der Waals surface area (Å²) in [5.74, 6) is 0.495. The lowest BCUT2D eigenvalue weighted by atomic mass is 9.84. The van der Waals surface area contributed by atoms with Crippen LogP contribution < -0.4 is 15.0 Å². The predicted octanol–water partition coefficient (Wildman–Crippen LogP) is 2.61. The highest BCUT2D eigenvalue weighted by Crippen LogP contribution is 2.43. The summed E-state index contributed by atoms with van der Waals surface area (Å²) >= 11 is 0. The molecule has 29 heavy (non-hydrogen) atoms. The monoisotopic (exact) mass is 391 g/mol. The van der Waals surface area contributed by atoms with E-state index in [0.29, 0.717) is 5.75 Å². The van der Waals surface area contributed by atoms with Gasteiger partial charge in [-0.15, -0.1) is 0 Å². The van der Waals surface area contributed by atoms with E-state index in [4.69, 9.17) is 4.74 Å². The van der Waals surface area contributed by atoms with E-state index in [1.54, 1.807) is 11.9 Å². The number of urea groups is 1. The van der Waals surface area contributed by atoms with Crippen LogP contribution in [0.25, 0.3) is 0 Å². The van der Waals surface area contributed by atoms with E-state index in [1.165, 1.54) is 11.1 Å². The first kappa shape index (κ1) is 18.0. The number of benzene rings is 2. The van der Waals surface area contributed by atoms with Crippen LogP contribution in [0.15, 0.2) is 48.5 Å². The second-order valence-electron chi connectivity index (χ2n) is 8.47. The summed E-state index contributed by atoms with van der Waals surface area (Å²) in [5.41, 5.74) is 3.67. The van der Waals surface area contributed by atoms with Crippen LogP contribution >= 0.6 is 0 Å². The lowest BCUT2D eigenvalue weighted by Gasteiger charge is -2.26. The third-order valence-electron chi connectivity index (χ3n) is 6.53. The molecule has 1 N–H and O–H groups in total. The molecule has 1 fully saturated rings.